The molecular weight excluding hydrogens is 254 g/mol. The van der Waals surface area contributed by atoms with Crippen molar-refractivity contribution in [1.29, 1.82) is 0 Å². The van der Waals surface area contributed by atoms with E-state index in [1.165, 1.54) is 0 Å². The van der Waals surface area contributed by atoms with Gasteiger partial charge in [0, 0.05) is 30.2 Å². The van der Waals surface area contributed by atoms with Crippen LogP contribution in [-0.4, -0.2) is 16.8 Å². The molecule has 0 radical (unpaired) electrons. The van der Waals surface area contributed by atoms with Crippen molar-refractivity contribution in [2.75, 3.05) is 5.32 Å². The predicted molar refractivity (Wildman–Crippen MR) is 74.2 cm³/mol. The Balaban J connectivity index is 1.69. The van der Waals surface area contributed by atoms with E-state index in [4.69, 9.17) is 0 Å². The molecule has 2 heterocycles. The predicted octanol–water partition coefficient (Wildman–Crippen LogP) is 1.51. The van der Waals surface area contributed by atoms with E-state index in [-0.39, 0.29) is 11.8 Å². The molecule has 100 valence electrons. The Kier molecular flexibility index (Phi) is 3.16. The van der Waals surface area contributed by atoms with E-state index in [0.29, 0.717) is 18.5 Å². The Labute approximate surface area is 116 Å². The smallest absolute Gasteiger partial charge is 0.251 e. The molecule has 2 amide bonds. The lowest BCUT2D eigenvalue weighted by Gasteiger charge is -2.06. The van der Waals surface area contributed by atoms with Crippen LogP contribution in [0, 0.1) is 0 Å². The number of anilines is 1. The highest BCUT2D eigenvalue weighted by molar-refractivity contribution is 6.02. The lowest BCUT2D eigenvalue weighted by atomic mass is 10.1. The number of rotatable bonds is 3. The lowest BCUT2D eigenvalue weighted by Crippen LogP contribution is -2.22. The molecule has 0 fully saturated rings. The molecule has 5 heteroatoms. The van der Waals surface area contributed by atoms with Crippen molar-refractivity contribution in [3.63, 3.8) is 0 Å². The summed E-state index contributed by atoms with van der Waals surface area (Å²) in [5.41, 5.74) is 3.19. The summed E-state index contributed by atoms with van der Waals surface area (Å²) < 4.78 is 0. The highest BCUT2D eigenvalue weighted by Gasteiger charge is 2.18. The number of carbonyl (C=O) groups is 2. The summed E-state index contributed by atoms with van der Waals surface area (Å²) in [6.07, 6.45) is 3.76. The van der Waals surface area contributed by atoms with Crippen LogP contribution < -0.4 is 10.6 Å². The molecular formula is C15H13N3O2. The third kappa shape index (κ3) is 2.51. The van der Waals surface area contributed by atoms with Crippen molar-refractivity contribution in [2.45, 2.75) is 13.0 Å². The molecule has 0 spiro atoms. The average Bonchev–Trinajstić information content (AvgIpc) is 2.85. The quantitative estimate of drug-likeness (QED) is 0.885. The summed E-state index contributed by atoms with van der Waals surface area (Å²) >= 11 is 0. The first-order valence-electron chi connectivity index (χ1n) is 6.32. The summed E-state index contributed by atoms with van der Waals surface area (Å²) in [6.45, 7) is 0.449. The van der Waals surface area contributed by atoms with Crippen LogP contribution in [0.3, 0.4) is 0 Å². The number of hydrogen-bond donors (Lipinski definition) is 2. The maximum atomic E-state index is 12.1. The van der Waals surface area contributed by atoms with Gasteiger partial charge in [-0.15, -0.1) is 0 Å². The van der Waals surface area contributed by atoms with Gasteiger partial charge in [0.2, 0.25) is 5.91 Å². The van der Waals surface area contributed by atoms with Gasteiger partial charge < -0.3 is 10.6 Å². The molecule has 1 aromatic heterocycles. The van der Waals surface area contributed by atoms with E-state index in [2.05, 4.69) is 15.6 Å². The van der Waals surface area contributed by atoms with Crippen molar-refractivity contribution in [3.05, 3.63) is 59.4 Å². The molecule has 0 saturated carbocycles. The summed E-state index contributed by atoms with van der Waals surface area (Å²) in [7, 11) is 0. The van der Waals surface area contributed by atoms with Crippen molar-refractivity contribution < 1.29 is 9.59 Å². The van der Waals surface area contributed by atoms with Gasteiger partial charge in [-0.2, -0.15) is 0 Å². The Morgan fingerprint density at radius 2 is 2.05 bits per heavy atom. The number of fused-ring (bicyclic) bond motifs is 1. The molecule has 0 bridgehead atoms. The van der Waals surface area contributed by atoms with Crippen LogP contribution in [-0.2, 0) is 17.8 Å². The zero-order chi connectivity index (χ0) is 13.9. The van der Waals surface area contributed by atoms with E-state index in [1.807, 2.05) is 18.2 Å². The second-order valence-corrected chi connectivity index (χ2v) is 4.64. The molecule has 1 aliphatic heterocycles. The van der Waals surface area contributed by atoms with Gasteiger partial charge in [0.25, 0.3) is 5.91 Å². The van der Waals surface area contributed by atoms with Crippen LogP contribution in [0.5, 0.6) is 0 Å². The van der Waals surface area contributed by atoms with Gasteiger partial charge in [0.05, 0.1) is 6.42 Å². The Morgan fingerprint density at radius 1 is 1.25 bits per heavy atom. The van der Waals surface area contributed by atoms with Gasteiger partial charge in [-0.3, -0.25) is 14.6 Å². The van der Waals surface area contributed by atoms with Gasteiger partial charge in [0.1, 0.15) is 0 Å². The number of benzene rings is 1. The van der Waals surface area contributed by atoms with Crippen molar-refractivity contribution in [3.8, 4) is 0 Å². The van der Waals surface area contributed by atoms with E-state index >= 15 is 0 Å². The van der Waals surface area contributed by atoms with Crippen LogP contribution in [0.4, 0.5) is 5.69 Å². The van der Waals surface area contributed by atoms with E-state index in [1.54, 1.807) is 24.5 Å². The summed E-state index contributed by atoms with van der Waals surface area (Å²) in [4.78, 5) is 27.3. The maximum absolute atomic E-state index is 12.1. The first-order chi connectivity index (χ1) is 9.72. The zero-order valence-electron chi connectivity index (χ0n) is 10.7. The third-order valence-electron chi connectivity index (χ3n) is 3.20. The van der Waals surface area contributed by atoms with Crippen LogP contribution in [0.2, 0.25) is 0 Å². The molecule has 0 atom stereocenters. The first kappa shape index (κ1) is 12.3. The van der Waals surface area contributed by atoms with Crippen LogP contribution >= 0.6 is 0 Å². The lowest BCUT2D eigenvalue weighted by molar-refractivity contribution is -0.115. The second kappa shape index (κ2) is 5.13. The fourth-order valence-electron chi connectivity index (χ4n) is 2.14. The van der Waals surface area contributed by atoms with E-state index in [0.717, 1.165) is 16.8 Å². The number of hydrogen-bond acceptors (Lipinski definition) is 3. The number of nitrogens with zero attached hydrogens (tertiary/aromatic N) is 1. The van der Waals surface area contributed by atoms with Crippen molar-refractivity contribution in [1.82, 2.24) is 10.3 Å². The molecule has 2 N–H and O–H groups in total. The molecule has 0 aliphatic carbocycles. The minimum absolute atomic E-state index is 0.0330. The van der Waals surface area contributed by atoms with Gasteiger partial charge >= 0.3 is 0 Å². The molecule has 1 aliphatic rings. The molecule has 3 rings (SSSR count). The first-order valence-corrected chi connectivity index (χ1v) is 6.32. The number of amides is 2. The van der Waals surface area contributed by atoms with E-state index < -0.39 is 0 Å². The van der Waals surface area contributed by atoms with Crippen molar-refractivity contribution in [2.24, 2.45) is 0 Å². The molecule has 1 aromatic carbocycles. The Morgan fingerprint density at radius 3 is 2.85 bits per heavy atom. The fraction of sp³-hybridized carbons (Fsp3) is 0.133. The Bertz CT molecular complexity index is 668. The van der Waals surface area contributed by atoms with E-state index in [9.17, 15) is 9.59 Å². The van der Waals surface area contributed by atoms with Gasteiger partial charge in [-0.1, -0.05) is 6.07 Å². The second-order valence-electron chi connectivity index (χ2n) is 4.64. The largest absolute Gasteiger partial charge is 0.348 e. The maximum Gasteiger partial charge on any atom is 0.251 e. The van der Waals surface area contributed by atoms with Crippen LogP contribution in [0.15, 0.2) is 42.7 Å². The highest BCUT2D eigenvalue weighted by atomic mass is 16.2. The number of aromatic nitrogens is 1. The molecule has 2 aromatic rings. The van der Waals surface area contributed by atoms with Gasteiger partial charge in [-0.05, 0) is 35.4 Å². The third-order valence-corrected chi connectivity index (χ3v) is 3.20. The molecule has 20 heavy (non-hydrogen) atoms. The Hall–Kier alpha value is -2.69. The van der Waals surface area contributed by atoms with Crippen LogP contribution in [0.1, 0.15) is 21.5 Å². The summed E-state index contributed by atoms with van der Waals surface area (Å²) in [6, 6.07) is 8.96. The minimum Gasteiger partial charge on any atom is -0.348 e. The SMILES string of the molecule is O=C1Cc2ccc(C(=O)NCc3ccncc3)cc2N1. The monoisotopic (exact) mass is 267 g/mol. The topological polar surface area (TPSA) is 71.1 Å². The van der Waals surface area contributed by atoms with Crippen molar-refractivity contribution >= 4 is 17.5 Å². The zero-order valence-corrected chi connectivity index (χ0v) is 10.7. The summed E-state index contributed by atoms with van der Waals surface area (Å²) in [5, 5.41) is 5.58. The molecule has 5 nitrogen and oxygen atoms in total. The molecule has 0 saturated heterocycles. The highest BCUT2D eigenvalue weighted by Crippen LogP contribution is 2.23. The molecule has 0 unspecified atom stereocenters. The average molecular weight is 267 g/mol. The normalized spacial score (nSPS) is 12.7. The van der Waals surface area contributed by atoms with Crippen LogP contribution in [0.25, 0.3) is 0 Å². The summed E-state index contributed by atoms with van der Waals surface area (Å²) in [5.74, 6) is -0.194. The van der Waals surface area contributed by atoms with Gasteiger partial charge in [0.15, 0.2) is 0 Å². The number of pyridine rings is 1. The van der Waals surface area contributed by atoms with Gasteiger partial charge in [-0.25, -0.2) is 0 Å². The standard InChI is InChI=1S/C15H13N3O2/c19-14-8-11-1-2-12(7-13(11)18-14)15(20)17-9-10-3-5-16-6-4-10/h1-7H,8-9H2,(H,17,20)(H,18,19). The fourth-order valence-corrected chi connectivity index (χ4v) is 2.14. The number of nitrogens with one attached hydrogen (secondary N) is 2. The minimum atomic E-state index is -0.161. The number of carbonyl (C=O) groups excluding carboxylic acids is 2.